The molecule has 0 aliphatic carbocycles. The minimum Gasteiger partial charge on any atom is -0.363 e. The lowest BCUT2D eigenvalue weighted by atomic mass is 10.2. The average molecular weight is 147 g/mol. The van der Waals surface area contributed by atoms with Crippen LogP contribution < -0.4 is 5.32 Å². The van der Waals surface area contributed by atoms with Crippen LogP contribution in [0.2, 0.25) is 0 Å². The van der Waals surface area contributed by atoms with Crippen molar-refractivity contribution in [2.24, 2.45) is 4.99 Å². The molecule has 3 heteroatoms. The highest BCUT2D eigenvalue weighted by Gasteiger charge is 2.07. The van der Waals surface area contributed by atoms with Crippen LogP contribution in [0.5, 0.6) is 0 Å². The number of rotatable bonds is 0. The molecule has 0 unspecified atom stereocenters. The van der Waals surface area contributed by atoms with Crippen molar-refractivity contribution in [2.45, 2.75) is 6.54 Å². The Balaban J connectivity index is 2.49. The van der Waals surface area contributed by atoms with Crippen molar-refractivity contribution < 1.29 is 0 Å². The van der Waals surface area contributed by atoms with Gasteiger partial charge in [-0.15, -0.1) is 0 Å². The van der Waals surface area contributed by atoms with E-state index in [0.29, 0.717) is 6.54 Å². The minimum atomic E-state index is 0.703. The molecule has 0 radical (unpaired) electrons. The summed E-state index contributed by atoms with van der Waals surface area (Å²) in [6.45, 7) is 4.57. The number of aromatic nitrogens is 1. The zero-order valence-corrected chi connectivity index (χ0v) is 6.09. The van der Waals surface area contributed by atoms with Gasteiger partial charge in [-0.2, -0.15) is 0 Å². The summed E-state index contributed by atoms with van der Waals surface area (Å²) in [5.74, 6) is 0. The Hall–Kier alpha value is -1.51. The smallest absolute Gasteiger partial charge is 0.0872 e. The fourth-order valence-corrected chi connectivity index (χ4v) is 1.16. The summed E-state index contributed by atoms with van der Waals surface area (Å²) >= 11 is 0. The van der Waals surface area contributed by atoms with E-state index in [9.17, 15) is 0 Å². The zero-order chi connectivity index (χ0) is 7.68. The number of fused-ring (bicyclic) bond motifs is 1. The summed E-state index contributed by atoms with van der Waals surface area (Å²) < 4.78 is 0. The van der Waals surface area contributed by atoms with Gasteiger partial charge in [-0.05, 0) is 6.07 Å². The van der Waals surface area contributed by atoms with Gasteiger partial charge < -0.3 is 10.3 Å². The van der Waals surface area contributed by atoms with Gasteiger partial charge in [-0.3, -0.25) is 4.99 Å². The second kappa shape index (κ2) is 2.27. The first kappa shape index (κ1) is 6.22. The molecule has 0 bridgehead atoms. The highest BCUT2D eigenvalue weighted by molar-refractivity contribution is 5.77. The fourth-order valence-electron chi connectivity index (χ4n) is 1.16. The third-order valence-corrected chi connectivity index (χ3v) is 1.74. The monoisotopic (exact) mass is 147 g/mol. The van der Waals surface area contributed by atoms with Gasteiger partial charge >= 0.3 is 0 Å². The topological polar surface area (TPSA) is 40.2 Å². The second-order valence-corrected chi connectivity index (χ2v) is 2.46. The van der Waals surface area contributed by atoms with E-state index in [4.69, 9.17) is 0 Å². The van der Waals surface area contributed by atoms with E-state index >= 15 is 0 Å². The number of nitrogens with one attached hydrogen (secondary N) is 2. The van der Waals surface area contributed by atoms with Crippen LogP contribution in [-0.2, 0) is 6.54 Å². The summed E-state index contributed by atoms with van der Waals surface area (Å²) in [5, 5.41) is 2.98. The molecule has 0 saturated carbocycles. The van der Waals surface area contributed by atoms with E-state index in [1.54, 1.807) is 6.34 Å². The number of H-pyrrole nitrogens is 1. The molecule has 11 heavy (non-hydrogen) atoms. The minimum absolute atomic E-state index is 0.703. The number of aromatic amines is 1. The van der Waals surface area contributed by atoms with Crippen molar-refractivity contribution in [1.29, 1.82) is 0 Å². The fraction of sp³-hybridized carbons (Fsp3) is 0.125. The van der Waals surface area contributed by atoms with E-state index < -0.39 is 0 Å². The van der Waals surface area contributed by atoms with Crippen molar-refractivity contribution in [1.82, 2.24) is 10.3 Å². The van der Waals surface area contributed by atoms with Crippen LogP contribution in [-0.4, -0.2) is 11.3 Å². The van der Waals surface area contributed by atoms with Crippen molar-refractivity contribution in [3.8, 4) is 0 Å². The Morgan fingerprint density at radius 2 is 2.45 bits per heavy atom. The average Bonchev–Trinajstić information content (AvgIpc) is 2.40. The second-order valence-electron chi connectivity index (χ2n) is 2.46. The van der Waals surface area contributed by atoms with E-state index in [0.717, 1.165) is 17.0 Å². The van der Waals surface area contributed by atoms with Crippen LogP contribution in [0.4, 0.5) is 0 Å². The molecule has 56 valence electrons. The van der Waals surface area contributed by atoms with Gasteiger partial charge in [0.25, 0.3) is 0 Å². The predicted octanol–water partition coefficient (Wildman–Crippen LogP) is 1.12. The van der Waals surface area contributed by atoms with Crippen LogP contribution in [0.3, 0.4) is 0 Å². The van der Waals surface area contributed by atoms with Gasteiger partial charge in [0.1, 0.15) is 0 Å². The molecule has 0 atom stereocenters. The Labute approximate surface area is 64.9 Å². The van der Waals surface area contributed by atoms with E-state index in [1.807, 2.05) is 12.3 Å². The molecule has 1 aromatic rings. The normalized spacial score (nSPS) is 15.5. The lowest BCUT2D eigenvalue weighted by molar-refractivity contribution is 1.02. The maximum Gasteiger partial charge on any atom is 0.0872 e. The first-order valence-electron chi connectivity index (χ1n) is 3.48. The molecule has 2 rings (SSSR count). The lowest BCUT2D eigenvalue weighted by Crippen LogP contribution is -2.05. The van der Waals surface area contributed by atoms with Gasteiger partial charge in [-0.25, -0.2) is 0 Å². The van der Waals surface area contributed by atoms with E-state index in [1.165, 1.54) is 0 Å². The number of aliphatic imine (C=N–C) groups is 1. The first-order valence-corrected chi connectivity index (χ1v) is 3.48. The van der Waals surface area contributed by atoms with Crippen molar-refractivity contribution >= 4 is 12.0 Å². The van der Waals surface area contributed by atoms with Crippen LogP contribution in [0, 0.1) is 0 Å². The Morgan fingerprint density at radius 3 is 3.36 bits per heavy atom. The SMILES string of the molecule is C=C1NC=NCc2[nH]ccc21. The molecule has 3 nitrogen and oxygen atoms in total. The van der Waals surface area contributed by atoms with Crippen molar-refractivity contribution in [3.05, 3.63) is 30.1 Å². The number of hydrogen-bond donors (Lipinski definition) is 2. The summed E-state index contributed by atoms with van der Waals surface area (Å²) in [5.41, 5.74) is 3.15. The predicted molar refractivity (Wildman–Crippen MR) is 45.2 cm³/mol. The standard InChI is InChI=1S/C8H9N3/c1-6-7-2-3-10-8(7)4-9-5-11-6/h2-3,5,10H,1,4H2,(H,9,11). The van der Waals surface area contributed by atoms with Gasteiger partial charge in [0.15, 0.2) is 0 Å². The molecule has 0 spiro atoms. The highest BCUT2D eigenvalue weighted by atomic mass is 15.0. The van der Waals surface area contributed by atoms with Crippen molar-refractivity contribution in [3.63, 3.8) is 0 Å². The highest BCUT2D eigenvalue weighted by Crippen LogP contribution is 2.16. The third kappa shape index (κ3) is 0.941. The third-order valence-electron chi connectivity index (χ3n) is 1.74. The Morgan fingerprint density at radius 1 is 1.55 bits per heavy atom. The molecular formula is C8H9N3. The largest absolute Gasteiger partial charge is 0.363 e. The van der Waals surface area contributed by atoms with Gasteiger partial charge in [0, 0.05) is 23.2 Å². The number of hydrogen-bond acceptors (Lipinski definition) is 2. The molecular weight excluding hydrogens is 138 g/mol. The summed E-state index contributed by atoms with van der Waals surface area (Å²) in [4.78, 5) is 7.22. The molecule has 0 amide bonds. The van der Waals surface area contributed by atoms with Gasteiger partial charge in [0.05, 0.1) is 12.9 Å². The van der Waals surface area contributed by atoms with Crippen LogP contribution >= 0.6 is 0 Å². The molecule has 0 fully saturated rings. The Bertz CT molecular complexity index is 309. The van der Waals surface area contributed by atoms with Crippen molar-refractivity contribution in [2.75, 3.05) is 0 Å². The summed E-state index contributed by atoms with van der Waals surface area (Å²) in [6.07, 6.45) is 3.58. The summed E-state index contributed by atoms with van der Waals surface area (Å²) in [7, 11) is 0. The molecule has 0 aromatic carbocycles. The van der Waals surface area contributed by atoms with E-state index in [-0.39, 0.29) is 0 Å². The molecule has 2 heterocycles. The maximum absolute atomic E-state index is 4.11. The zero-order valence-electron chi connectivity index (χ0n) is 6.09. The van der Waals surface area contributed by atoms with Gasteiger partial charge in [0.2, 0.25) is 0 Å². The molecule has 1 aromatic heterocycles. The van der Waals surface area contributed by atoms with Crippen LogP contribution in [0.1, 0.15) is 11.3 Å². The first-order chi connectivity index (χ1) is 5.38. The molecule has 0 saturated heterocycles. The lowest BCUT2D eigenvalue weighted by Gasteiger charge is -1.99. The van der Waals surface area contributed by atoms with Crippen LogP contribution in [0.15, 0.2) is 23.8 Å². The molecule has 2 N–H and O–H groups in total. The summed E-state index contributed by atoms with van der Waals surface area (Å²) in [6, 6.07) is 2.00. The van der Waals surface area contributed by atoms with Crippen LogP contribution in [0.25, 0.3) is 5.70 Å². The number of nitrogens with zero attached hydrogens (tertiary/aromatic N) is 1. The quantitative estimate of drug-likeness (QED) is 0.567. The maximum atomic E-state index is 4.11. The van der Waals surface area contributed by atoms with E-state index in [2.05, 4.69) is 21.9 Å². The van der Waals surface area contributed by atoms with Gasteiger partial charge in [-0.1, -0.05) is 6.58 Å². The molecule has 1 aliphatic rings. The molecule has 1 aliphatic heterocycles. The Kier molecular flexibility index (Phi) is 1.28.